The molecule has 0 bridgehead atoms. The Kier molecular flexibility index (Phi) is 51.4. The zero-order valence-electron chi connectivity index (χ0n) is 43.4. The molecule has 1 amide bonds. The first-order valence-corrected chi connectivity index (χ1v) is 28.9. The number of unbranched alkanes of at least 4 members (excludes halogenated alkanes) is 39. The predicted molar refractivity (Wildman–Crippen MR) is 278 cm³/mol. The predicted octanol–water partition coefficient (Wildman–Crippen LogP) is 17.7. The topological polar surface area (TPSA) is 95.9 Å². The lowest BCUT2D eigenvalue weighted by Crippen LogP contribution is -2.46. The molecule has 6 nitrogen and oxygen atoms in total. The molecule has 0 aromatic carbocycles. The Morgan fingerprint density at radius 1 is 0.438 bits per heavy atom. The molecule has 0 radical (unpaired) electrons. The SMILES string of the molecule is CCCCCCCC/C=C\CCCC(CC(=O)NC(CO)C(O)CCCCCCCCCCCCCCCCCCC)OC(=O)CCCCCCCCCCCCCCCCCCC. The molecule has 380 valence electrons. The molecular weight excluding hydrogens is 791 g/mol. The van der Waals surface area contributed by atoms with E-state index in [0.717, 1.165) is 51.4 Å². The Balaban J connectivity index is 4.42. The van der Waals surface area contributed by atoms with Crippen molar-refractivity contribution in [3.05, 3.63) is 12.2 Å². The van der Waals surface area contributed by atoms with Crippen LogP contribution in [0.2, 0.25) is 0 Å². The second kappa shape index (κ2) is 52.6. The minimum absolute atomic E-state index is 0.0641. The third-order valence-corrected chi connectivity index (χ3v) is 13.6. The summed E-state index contributed by atoms with van der Waals surface area (Å²) in [5.41, 5.74) is 0. The van der Waals surface area contributed by atoms with Crippen LogP contribution >= 0.6 is 0 Å². The summed E-state index contributed by atoms with van der Waals surface area (Å²) in [6.07, 6.45) is 60.0. The van der Waals surface area contributed by atoms with E-state index in [9.17, 15) is 19.8 Å². The maximum absolute atomic E-state index is 13.2. The quantitative estimate of drug-likeness (QED) is 0.0321. The van der Waals surface area contributed by atoms with Crippen molar-refractivity contribution in [2.75, 3.05) is 6.61 Å². The molecule has 0 rings (SSSR count). The van der Waals surface area contributed by atoms with Crippen LogP contribution in [0.1, 0.15) is 323 Å². The minimum Gasteiger partial charge on any atom is -0.462 e. The van der Waals surface area contributed by atoms with Crippen molar-refractivity contribution < 1.29 is 24.5 Å². The summed E-state index contributed by atoms with van der Waals surface area (Å²) in [4.78, 5) is 26.2. The van der Waals surface area contributed by atoms with E-state index < -0.39 is 18.2 Å². The fraction of sp³-hybridized carbons (Fsp3) is 0.931. The molecular formula is C58H113NO5. The van der Waals surface area contributed by atoms with Crippen LogP contribution in [-0.4, -0.2) is 46.9 Å². The van der Waals surface area contributed by atoms with E-state index in [1.165, 1.54) is 225 Å². The highest BCUT2D eigenvalue weighted by Crippen LogP contribution is 2.19. The van der Waals surface area contributed by atoms with E-state index in [-0.39, 0.29) is 24.9 Å². The van der Waals surface area contributed by atoms with Crippen molar-refractivity contribution in [1.82, 2.24) is 5.32 Å². The van der Waals surface area contributed by atoms with E-state index in [2.05, 4.69) is 38.2 Å². The number of aliphatic hydroxyl groups is 2. The smallest absolute Gasteiger partial charge is 0.306 e. The summed E-state index contributed by atoms with van der Waals surface area (Å²) in [5, 5.41) is 23.9. The van der Waals surface area contributed by atoms with Gasteiger partial charge in [0.05, 0.1) is 25.2 Å². The van der Waals surface area contributed by atoms with Crippen molar-refractivity contribution in [2.24, 2.45) is 0 Å². The van der Waals surface area contributed by atoms with Crippen LogP contribution < -0.4 is 5.32 Å². The van der Waals surface area contributed by atoms with Crippen LogP contribution in [0, 0.1) is 0 Å². The minimum atomic E-state index is -0.789. The Bertz CT molecular complexity index is 970. The van der Waals surface area contributed by atoms with Crippen LogP contribution in [-0.2, 0) is 14.3 Å². The molecule has 0 heterocycles. The van der Waals surface area contributed by atoms with Gasteiger partial charge < -0.3 is 20.3 Å². The first-order valence-electron chi connectivity index (χ1n) is 28.9. The molecule has 6 heteroatoms. The monoisotopic (exact) mass is 904 g/mol. The highest BCUT2D eigenvalue weighted by atomic mass is 16.5. The van der Waals surface area contributed by atoms with Gasteiger partial charge in [-0.3, -0.25) is 9.59 Å². The molecule has 3 N–H and O–H groups in total. The number of hydrogen-bond acceptors (Lipinski definition) is 5. The normalized spacial score (nSPS) is 13.1. The van der Waals surface area contributed by atoms with Crippen LogP contribution in [0.4, 0.5) is 0 Å². The maximum atomic E-state index is 13.2. The molecule has 0 aromatic heterocycles. The lowest BCUT2D eigenvalue weighted by Gasteiger charge is -2.24. The summed E-state index contributed by atoms with van der Waals surface area (Å²) in [7, 11) is 0. The number of rotatable bonds is 53. The van der Waals surface area contributed by atoms with E-state index in [1.54, 1.807) is 0 Å². The molecule has 0 aromatic rings. The standard InChI is InChI=1S/C58H113NO5/c1-4-7-10-13-16-19-22-24-26-28-30-32-35-38-41-44-47-50-56(61)55(53-60)59-57(62)52-54(49-46-43-40-37-34-21-18-15-12-9-6-3)64-58(63)51-48-45-42-39-36-33-31-29-27-25-23-20-17-14-11-8-5-2/h37,40,54-56,60-61H,4-36,38-39,41-53H2,1-3H3,(H,59,62)/b40-37-. The Labute approximate surface area is 399 Å². The fourth-order valence-corrected chi connectivity index (χ4v) is 9.20. The second-order valence-electron chi connectivity index (χ2n) is 20.1. The van der Waals surface area contributed by atoms with Gasteiger partial charge in [-0.1, -0.05) is 277 Å². The average Bonchev–Trinajstić information content (AvgIpc) is 3.29. The van der Waals surface area contributed by atoms with Gasteiger partial charge in [-0.25, -0.2) is 0 Å². The number of amides is 1. The molecule has 0 fully saturated rings. The van der Waals surface area contributed by atoms with E-state index in [4.69, 9.17) is 4.74 Å². The summed E-state index contributed by atoms with van der Waals surface area (Å²) in [6, 6.07) is -0.704. The summed E-state index contributed by atoms with van der Waals surface area (Å²) in [5.74, 6) is -0.482. The molecule has 3 unspecified atom stereocenters. The van der Waals surface area contributed by atoms with Crippen molar-refractivity contribution in [3.8, 4) is 0 Å². The largest absolute Gasteiger partial charge is 0.462 e. The van der Waals surface area contributed by atoms with Crippen molar-refractivity contribution >= 4 is 11.9 Å². The fourth-order valence-electron chi connectivity index (χ4n) is 9.20. The molecule has 0 aliphatic heterocycles. The van der Waals surface area contributed by atoms with Gasteiger partial charge >= 0.3 is 5.97 Å². The number of carbonyl (C=O) groups excluding carboxylic acids is 2. The van der Waals surface area contributed by atoms with E-state index in [1.807, 2.05) is 0 Å². The first kappa shape index (κ1) is 62.6. The highest BCUT2D eigenvalue weighted by Gasteiger charge is 2.24. The third kappa shape index (κ3) is 47.1. The Morgan fingerprint density at radius 3 is 1.14 bits per heavy atom. The first-order chi connectivity index (χ1) is 31.5. The number of allylic oxidation sites excluding steroid dienone is 2. The summed E-state index contributed by atoms with van der Waals surface area (Å²) < 4.78 is 5.94. The number of nitrogens with one attached hydrogen (secondary N) is 1. The zero-order chi connectivity index (χ0) is 46.7. The molecule has 3 atom stereocenters. The van der Waals surface area contributed by atoms with Crippen LogP contribution in [0.5, 0.6) is 0 Å². The van der Waals surface area contributed by atoms with Gasteiger partial charge in [0.1, 0.15) is 6.10 Å². The van der Waals surface area contributed by atoms with Gasteiger partial charge in [-0.05, 0) is 44.9 Å². The Hall–Kier alpha value is -1.40. The lowest BCUT2D eigenvalue weighted by atomic mass is 10.0. The summed E-state index contributed by atoms with van der Waals surface area (Å²) in [6.45, 7) is 6.51. The van der Waals surface area contributed by atoms with Gasteiger partial charge in [0.15, 0.2) is 0 Å². The van der Waals surface area contributed by atoms with Gasteiger partial charge in [0.2, 0.25) is 5.91 Å². The lowest BCUT2D eigenvalue weighted by molar-refractivity contribution is -0.151. The van der Waals surface area contributed by atoms with Crippen molar-refractivity contribution in [3.63, 3.8) is 0 Å². The number of carbonyl (C=O) groups is 2. The molecule has 0 spiro atoms. The molecule has 0 saturated heterocycles. The van der Waals surface area contributed by atoms with Crippen molar-refractivity contribution in [1.29, 1.82) is 0 Å². The third-order valence-electron chi connectivity index (χ3n) is 13.6. The number of ether oxygens (including phenoxy) is 1. The molecule has 64 heavy (non-hydrogen) atoms. The van der Waals surface area contributed by atoms with E-state index >= 15 is 0 Å². The molecule has 0 aliphatic rings. The highest BCUT2D eigenvalue weighted by molar-refractivity contribution is 5.77. The summed E-state index contributed by atoms with van der Waals surface area (Å²) >= 11 is 0. The van der Waals surface area contributed by atoms with Gasteiger partial charge in [0, 0.05) is 6.42 Å². The van der Waals surface area contributed by atoms with Crippen molar-refractivity contribution in [2.45, 2.75) is 341 Å². The number of hydrogen-bond donors (Lipinski definition) is 3. The van der Waals surface area contributed by atoms with Crippen LogP contribution in [0.3, 0.4) is 0 Å². The van der Waals surface area contributed by atoms with Gasteiger partial charge in [0.25, 0.3) is 0 Å². The van der Waals surface area contributed by atoms with Gasteiger partial charge in [-0.15, -0.1) is 0 Å². The number of esters is 1. The second-order valence-corrected chi connectivity index (χ2v) is 20.1. The van der Waals surface area contributed by atoms with E-state index in [0.29, 0.717) is 19.3 Å². The molecule has 0 aliphatic carbocycles. The zero-order valence-corrected chi connectivity index (χ0v) is 43.4. The van der Waals surface area contributed by atoms with Crippen LogP contribution in [0.15, 0.2) is 12.2 Å². The maximum Gasteiger partial charge on any atom is 0.306 e. The average molecular weight is 905 g/mol. The van der Waals surface area contributed by atoms with Gasteiger partial charge in [-0.2, -0.15) is 0 Å². The molecule has 0 saturated carbocycles. The Morgan fingerprint density at radius 2 is 0.766 bits per heavy atom. The van der Waals surface area contributed by atoms with Crippen LogP contribution in [0.25, 0.3) is 0 Å². The number of aliphatic hydroxyl groups excluding tert-OH is 2.